The van der Waals surface area contributed by atoms with E-state index in [0.29, 0.717) is 12.8 Å². The van der Waals surface area contributed by atoms with Crippen LogP contribution >= 0.6 is 0 Å². The van der Waals surface area contributed by atoms with Gasteiger partial charge in [0.2, 0.25) is 5.91 Å². The van der Waals surface area contributed by atoms with Gasteiger partial charge < -0.3 is 14.8 Å². The third-order valence-corrected chi connectivity index (χ3v) is 5.37. The molecular weight excluding hydrogens is 306 g/mol. The molecular formula is C19H21NO4. The minimum Gasteiger partial charge on any atom is -0.481 e. The van der Waals surface area contributed by atoms with E-state index in [2.05, 4.69) is 17.4 Å². The zero-order valence-corrected chi connectivity index (χ0v) is 13.5. The predicted molar refractivity (Wildman–Crippen MR) is 88.9 cm³/mol. The van der Waals surface area contributed by atoms with Crippen LogP contribution in [0.4, 0.5) is 0 Å². The summed E-state index contributed by atoms with van der Waals surface area (Å²) in [6.07, 6.45) is 7.25. The molecule has 2 atom stereocenters. The van der Waals surface area contributed by atoms with Crippen molar-refractivity contribution in [3.63, 3.8) is 0 Å². The Bertz CT molecular complexity index is 807. The van der Waals surface area contributed by atoms with Crippen molar-refractivity contribution in [2.45, 2.75) is 51.0 Å². The van der Waals surface area contributed by atoms with E-state index in [4.69, 9.17) is 9.52 Å². The largest absolute Gasteiger partial charge is 0.481 e. The molecule has 5 nitrogen and oxygen atoms in total. The van der Waals surface area contributed by atoms with Crippen molar-refractivity contribution >= 4 is 22.8 Å². The van der Waals surface area contributed by atoms with E-state index >= 15 is 0 Å². The van der Waals surface area contributed by atoms with Crippen molar-refractivity contribution in [2.75, 3.05) is 0 Å². The van der Waals surface area contributed by atoms with Crippen LogP contribution in [-0.4, -0.2) is 23.0 Å². The minimum atomic E-state index is -0.763. The van der Waals surface area contributed by atoms with Crippen LogP contribution < -0.4 is 5.32 Å². The van der Waals surface area contributed by atoms with Gasteiger partial charge in [0.05, 0.1) is 18.6 Å². The highest BCUT2D eigenvalue weighted by molar-refractivity contribution is 5.88. The van der Waals surface area contributed by atoms with Crippen LogP contribution in [0.25, 0.3) is 11.0 Å². The lowest BCUT2D eigenvalue weighted by atomic mass is 10.0. The number of carbonyl (C=O) groups excluding carboxylic acids is 1. The van der Waals surface area contributed by atoms with Gasteiger partial charge in [0.25, 0.3) is 0 Å². The van der Waals surface area contributed by atoms with Crippen LogP contribution in [0.2, 0.25) is 0 Å². The highest BCUT2D eigenvalue weighted by atomic mass is 16.4. The maximum absolute atomic E-state index is 12.3. The summed E-state index contributed by atoms with van der Waals surface area (Å²) in [4.78, 5) is 23.3. The van der Waals surface area contributed by atoms with Crippen LogP contribution in [-0.2, 0) is 28.9 Å². The second kappa shape index (κ2) is 5.96. The van der Waals surface area contributed by atoms with Crippen molar-refractivity contribution < 1.29 is 19.1 Å². The van der Waals surface area contributed by atoms with Gasteiger partial charge in [-0.25, -0.2) is 0 Å². The van der Waals surface area contributed by atoms with Gasteiger partial charge in [-0.3, -0.25) is 9.59 Å². The van der Waals surface area contributed by atoms with Crippen LogP contribution in [0.5, 0.6) is 0 Å². The lowest BCUT2D eigenvalue weighted by molar-refractivity contribution is -0.141. The van der Waals surface area contributed by atoms with E-state index in [1.807, 2.05) is 0 Å². The summed E-state index contributed by atoms with van der Waals surface area (Å²) in [5.41, 5.74) is 4.49. The summed E-state index contributed by atoms with van der Waals surface area (Å²) < 4.78 is 5.64. The van der Waals surface area contributed by atoms with Gasteiger partial charge in [0.15, 0.2) is 0 Å². The van der Waals surface area contributed by atoms with Crippen molar-refractivity contribution in [1.82, 2.24) is 5.32 Å². The Labute approximate surface area is 140 Å². The smallest absolute Gasteiger partial charge is 0.306 e. The molecule has 2 aliphatic carbocycles. The number of carboxylic acid groups (broad SMARTS) is 1. The average Bonchev–Trinajstić information content (AvgIpc) is 3.25. The Hall–Kier alpha value is -2.30. The molecule has 0 unspecified atom stereocenters. The van der Waals surface area contributed by atoms with E-state index in [1.165, 1.54) is 17.5 Å². The first-order valence-corrected chi connectivity index (χ1v) is 8.64. The Morgan fingerprint density at radius 3 is 2.75 bits per heavy atom. The number of furan rings is 1. The molecule has 1 aromatic carbocycles. The molecule has 24 heavy (non-hydrogen) atoms. The molecule has 0 saturated heterocycles. The molecule has 1 heterocycles. The first kappa shape index (κ1) is 15.2. The monoisotopic (exact) mass is 327 g/mol. The number of carboxylic acids is 1. The summed E-state index contributed by atoms with van der Waals surface area (Å²) >= 11 is 0. The van der Waals surface area contributed by atoms with Crippen molar-refractivity contribution in [2.24, 2.45) is 5.92 Å². The van der Waals surface area contributed by atoms with Gasteiger partial charge >= 0.3 is 5.97 Å². The number of hydrogen-bond donors (Lipinski definition) is 2. The van der Waals surface area contributed by atoms with Gasteiger partial charge in [-0.15, -0.1) is 0 Å². The molecule has 0 radical (unpaired) electrons. The van der Waals surface area contributed by atoms with E-state index in [1.54, 1.807) is 6.26 Å². The lowest BCUT2D eigenvalue weighted by Crippen LogP contribution is -2.34. The zero-order valence-electron chi connectivity index (χ0n) is 13.5. The highest BCUT2D eigenvalue weighted by Crippen LogP contribution is 2.31. The molecule has 126 valence electrons. The van der Waals surface area contributed by atoms with Crippen LogP contribution in [0.1, 0.15) is 42.4 Å². The number of aryl methyl sites for hydroxylation is 2. The molecule has 2 aliphatic rings. The van der Waals surface area contributed by atoms with Gasteiger partial charge in [-0.1, -0.05) is 0 Å². The Morgan fingerprint density at radius 2 is 2.00 bits per heavy atom. The van der Waals surface area contributed by atoms with Crippen molar-refractivity contribution in [3.8, 4) is 0 Å². The van der Waals surface area contributed by atoms with Gasteiger partial charge in [0.1, 0.15) is 5.58 Å². The second-order valence-corrected chi connectivity index (χ2v) is 7.02. The lowest BCUT2D eigenvalue weighted by Gasteiger charge is -2.12. The van der Waals surface area contributed by atoms with Crippen LogP contribution in [0.15, 0.2) is 22.8 Å². The quantitative estimate of drug-likeness (QED) is 0.905. The van der Waals surface area contributed by atoms with Crippen LogP contribution in [0, 0.1) is 5.92 Å². The zero-order chi connectivity index (χ0) is 16.7. The number of hydrogen-bond acceptors (Lipinski definition) is 3. The fraction of sp³-hybridized carbons (Fsp3) is 0.474. The molecule has 1 saturated carbocycles. The maximum atomic E-state index is 12.3. The fourth-order valence-electron chi connectivity index (χ4n) is 4.07. The Kier molecular flexibility index (Phi) is 3.79. The summed E-state index contributed by atoms with van der Waals surface area (Å²) in [6.45, 7) is 0. The topological polar surface area (TPSA) is 79.5 Å². The normalized spacial score (nSPS) is 22.7. The highest BCUT2D eigenvalue weighted by Gasteiger charge is 2.30. The molecule has 0 aliphatic heterocycles. The van der Waals surface area contributed by atoms with Crippen molar-refractivity contribution in [3.05, 3.63) is 35.1 Å². The van der Waals surface area contributed by atoms with Gasteiger partial charge in [-0.2, -0.15) is 0 Å². The van der Waals surface area contributed by atoms with E-state index in [9.17, 15) is 9.59 Å². The molecule has 2 aromatic rings. The number of rotatable bonds is 4. The number of amides is 1. The maximum Gasteiger partial charge on any atom is 0.306 e. The molecule has 4 rings (SSSR count). The molecule has 1 fully saturated rings. The average molecular weight is 327 g/mol. The van der Waals surface area contributed by atoms with E-state index in [-0.39, 0.29) is 24.3 Å². The summed E-state index contributed by atoms with van der Waals surface area (Å²) in [6, 6.07) is 4.24. The van der Waals surface area contributed by atoms with E-state index < -0.39 is 5.97 Å². The predicted octanol–water partition coefficient (Wildman–Crippen LogP) is 2.83. The third kappa shape index (κ3) is 2.79. The summed E-state index contributed by atoms with van der Waals surface area (Å²) in [5.74, 6) is -1.15. The molecule has 0 spiro atoms. The van der Waals surface area contributed by atoms with Gasteiger partial charge in [-0.05, 0) is 61.8 Å². The van der Waals surface area contributed by atoms with E-state index in [0.717, 1.165) is 35.8 Å². The third-order valence-electron chi connectivity index (χ3n) is 5.37. The molecule has 0 bridgehead atoms. The minimum absolute atomic E-state index is 0.0268. The number of aliphatic carboxylic acids is 1. The molecule has 1 amide bonds. The first-order chi connectivity index (χ1) is 11.6. The molecule has 5 heteroatoms. The summed E-state index contributed by atoms with van der Waals surface area (Å²) in [7, 11) is 0. The number of carbonyl (C=O) groups is 2. The standard InChI is InChI=1S/C19H21NO4/c21-18(20-15-5-4-13(6-15)19(22)23)9-14-10-24-17-8-12-3-1-2-11(12)7-16(14)17/h7-8,10,13,15H,1-6,9H2,(H,20,21)(H,22,23)/t13-,15+/m0/s1. The van der Waals surface area contributed by atoms with Crippen LogP contribution in [0.3, 0.4) is 0 Å². The number of fused-ring (bicyclic) bond motifs is 2. The number of benzene rings is 1. The Balaban J connectivity index is 1.45. The Morgan fingerprint density at radius 1 is 1.21 bits per heavy atom. The molecule has 1 aromatic heterocycles. The van der Waals surface area contributed by atoms with Crippen molar-refractivity contribution in [1.29, 1.82) is 0 Å². The molecule has 2 N–H and O–H groups in total. The SMILES string of the molecule is O=C(Cc1coc2cc3c(cc12)CCC3)N[C@@H]1CC[C@H](C(=O)O)C1. The van der Waals surface area contributed by atoms with Gasteiger partial charge in [0, 0.05) is 17.0 Å². The number of nitrogens with one attached hydrogen (secondary N) is 1. The first-order valence-electron chi connectivity index (χ1n) is 8.64. The fourth-order valence-corrected chi connectivity index (χ4v) is 4.07. The summed E-state index contributed by atoms with van der Waals surface area (Å²) in [5, 5.41) is 13.0. The second-order valence-electron chi connectivity index (χ2n) is 7.02.